The number of nitro groups is 1. The zero-order chi connectivity index (χ0) is 16.0. The van der Waals surface area contributed by atoms with Gasteiger partial charge in [-0.2, -0.15) is 0 Å². The van der Waals surface area contributed by atoms with Gasteiger partial charge in [0.05, 0.1) is 10.5 Å². The highest BCUT2D eigenvalue weighted by Crippen LogP contribution is 2.38. The van der Waals surface area contributed by atoms with E-state index in [0.717, 1.165) is 16.3 Å². The number of para-hydroxylation sites is 1. The summed E-state index contributed by atoms with van der Waals surface area (Å²) in [7, 11) is 0. The standard InChI is InChI=1S/C19H11NO3/c21-17-11-9-13-5-3-4-12-8-10-15(19(17)18(12)13)14-6-1-2-7-16(14)20(22)23/h1-11H. The number of rotatable bonds is 2. The zero-order valence-electron chi connectivity index (χ0n) is 12.0. The van der Waals surface area contributed by atoms with Crippen LogP contribution in [0.25, 0.3) is 28.0 Å². The summed E-state index contributed by atoms with van der Waals surface area (Å²) in [5, 5.41) is 13.1. The van der Waals surface area contributed by atoms with Crippen LogP contribution in [0.2, 0.25) is 0 Å². The summed E-state index contributed by atoms with van der Waals surface area (Å²) in [4.78, 5) is 23.4. The van der Waals surface area contributed by atoms with E-state index in [-0.39, 0.29) is 11.5 Å². The fourth-order valence-electron chi connectivity index (χ4n) is 3.14. The second-order valence-corrected chi connectivity index (χ2v) is 5.41. The molecule has 23 heavy (non-hydrogen) atoms. The summed E-state index contributed by atoms with van der Waals surface area (Å²) in [5.74, 6) is -0.123. The summed E-state index contributed by atoms with van der Waals surface area (Å²) >= 11 is 0. The van der Waals surface area contributed by atoms with Gasteiger partial charge < -0.3 is 0 Å². The second-order valence-electron chi connectivity index (χ2n) is 5.41. The van der Waals surface area contributed by atoms with Gasteiger partial charge in [-0.25, -0.2) is 0 Å². The van der Waals surface area contributed by atoms with E-state index in [1.54, 1.807) is 30.3 Å². The van der Waals surface area contributed by atoms with Crippen LogP contribution in [0.15, 0.2) is 60.7 Å². The molecule has 110 valence electrons. The Morgan fingerprint density at radius 2 is 1.65 bits per heavy atom. The van der Waals surface area contributed by atoms with Crippen molar-refractivity contribution in [2.45, 2.75) is 0 Å². The van der Waals surface area contributed by atoms with Crippen molar-refractivity contribution in [1.29, 1.82) is 0 Å². The van der Waals surface area contributed by atoms with Gasteiger partial charge in [-0.05, 0) is 23.1 Å². The lowest BCUT2D eigenvalue weighted by molar-refractivity contribution is -0.384. The first kappa shape index (κ1) is 13.4. The molecule has 3 aromatic rings. The Kier molecular flexibility index (Phi) is 2.84. The number of allylic oxidation sites excluding steroid dienone is 1. The molecule has 0 bridgehead atoms. The number of ketones is 1. The number of nitrogens with zero attached hydrogens (tertiary/aromatic N) is 1. The maximum absolute atomic E-state index is 12.5. The Balaban J connectivity index is 2.13. The van der Waals surface area contributed by atoms with Crippen molar-refractivity contribution in [3.63, 3.8) is 0 Å². The van der Waals surface area contributed by atoms with Crippen LogP contribution in [0.3, 0.4) is 0 Å². The van der Waals surface area contributed by atoms with Crippen LogP contribution in [0.1, 0.15) is 15.9 Å². The van der Waals surface area contributed by atoms with Gasteiger partial charge in [0, 0.05) is 22.6 Å². The lowest BCUT2D eigenvalue weighted by Gasteiger charge is -2.16. The van der Waals surface area contributed by atoms with Crippen LogP contribution < -0.4 is 0 Å². The van der Waals surface area contributed by atoms with Crippen molar-refractivity contribution in [2.75, 3.05) is 0 Å². The minimum absolute atomic E-state index is 0.00272. The first-order valence-electron chi connectivity index (χ1n) is 7.19. The number of carbonyl (C=O) groups excluding carboxylic acids is 1. The second kappa shape index (κ2) is 4.88. The van der Waals surface area contributed by atoms with Gasteiger partial charge in [0.1, 0.15) is 0 Å². The topological polar surface area (TPSA) is 60.2 Å². The molecule has 0 amide bonds. The van der Waals surface area contributed by atoms with E-state index >= 15 is 0 Å². The lowest BCUT2D eigenvalue weighted by atomic mass is 9.86. The van der Waals surface area contributed by atoms with Crippen molar-refractivity contribution >= 4 is 28.3 Å². The molecule has 0 spiro atoms. The van der Waals surface area contributed by atoms with E-state index in [1.807, 2.05) is 24.3 Å². The first-order chi connectivity index (χ1) is 11.2. The quantitative estimate of drug-likeness (QED) is 0.512. The molecule has 4 rings (SSSR count). The Morgan fingerprint density at radius 1 is 0.826 bits per heavy atom. The summed E-state index contributed by atoms with van der Waals surface area (Å²) < 4.78 is 0. The number of carbonyl (C=O) groups is 1. The molecule has 0 saturated carbocycles. The fraction of sp³-hybridized carbons (Fsp3) is 0. The van der Waals surface area contributed by atoms with E-state index in [2.05, 4.69) is 0 Å². The van der Waals surface area contributed by atoms with Crippen molar-refractivity contribution in [1.82, 2.24) is 0 Å². The van der Waals surface area contributed by atoms with Gasteiger partial charge in [-0.15, -0.1) is 0 Å². The molecule has 0 radical (unpaired) electrons. The maximum atomic E-state index is 12.5. The third-order valence-electron chi connectivity index (χ3n) is 4.13. The van der Waals surface area contributed by atoms with Gasteiger partial charge in [0.2, 0.25) is 0 Å². The molecule has 0 fully saturated rings. The van der Waals surface area contributed by atoms with Crippen LogP contribution in [-0.2, 0) is 0 Å². The maximum Gasteiger partial charge on any atom is 0.277 e. The predicted octanol–water partition coefficient (Wildman–Crippen LogP) is 4.62. The SMILES string of the molecule is O=C1C=Cc2cccc3ccc(-c4ccccc4[N+](=O)[O-])c1c23. The number of hydrogen-bond donors (Lipinski definition) is 0. The Labute approximate surface area is 131 Å². The number of benzene rings is 3. The Hall–Kier alpha value is -3.27. The van der Waals surface area contributed by atoms with E-state index in [0.29, 0.717) is 16.7 Å². The average molecular weight is 301 g/mol. The molecule has 4 nitrogen and oxygen atoms in total. The minimum atomic E-state index is -0.415. The highest BCUT2D eigenvalue weighted by molar-refractivity contribution is 6.23. The first-order valence-corrected chi connectivity index (χ1v) is 7.19. The lowest BCUT2D eigenvalue weighted by Crippen LogP contribution is -2.05. The molecule has 4 heteroatoms. The molecular formula is C19H11NO3. The smallest absolute Gasteiger partial charge is 0.277 e. The summed E-state index contributed by atoms with van der Waals surface area (Å²) in [6.45, 7) is 0. The molecule has 0 unspecified atom stereocenters. The molecule has 3 aromatic carbocycles. The van der Waals surface area contributed by atoms with Crippen LogP contribution in [0.4, 0.5) is 5.69 Å². The summed E-state index contributed by atoms with van der Waals surface area (Å²) in [6, 6.07) is 16.0. The van der Waals surface area contributed by atoms with Crippen LogP contribution >= 0.6 is 0 Å². The number of nitro benzene ring substituents is 1. The van der Waals surface area contributed by atoms with Crippen molar-refractivity contribution in [3.05, 3.63) is 81.9 Å². The van der Waals surface area contributed by atoms with E-state index in [4.69, 9.17) is 0 Å². The molecule has 1 aliphatic carbocycles. The van der Waals surface area contributed by atoms with Crippen molar-refractivity contribution in [2.24, 2.45) is 0 Å². The van der Waals surface area contributed by atoms with Crippen LogP contribution in [0.5, 0.6) is 0 Å². The van der Waals surface area contributed by atoms with Crippen LogP contribution in [-0.4, -0.2) is 10.7 Å². The third-order valence-corrected chi connectivity index (χ3v) is 4.13. The molecule has 0 heterocycles. The molecule has 0 atom stereocenters. The van der Waals surface area contributed by atoms with E-state index in [1.165, 1.54) is 12.1 Å². The van der Waals surface area contributed by atoms with Gasteiger partial charge in [-0.1, -0.05) is 48.5 Å². The minimum Gasteiger partial charge on any atom is -0.289 e. The monoisotopic (exact) mass is 301 g/mol. The fourth-order valence-corrected chi connectivity index (χ4v) is 3.14. The highest BCUT2D eigenvalue weighted by atomic mass is 16.6. The summed E-state index contributed by atoms with van der Waals surface area (Å²) in [6.07, 6.45) is 3.32. The molecular weight excluding hydrogens is 290 g/mol. The largest absolute Gasteiger partial charge is 0.289 e. The van der Waals surface area contributed by atoms with Gasteiger partial charge in [0.25, 0.3) is 5.69 Å². The predicted molar refractivity (Wildman–Crippen MR) is 89.4 cm³/mol. The molecule has 0 aliphatic heterocycles. The Morgan fingerprint density at radius 3 is 2.48 bits per heavy atom. The normalized spacial score (nSPS) is 12.6. The van der Waals surface area contributed by atoms with Crippen LogP contribution in [0, 0.1) is 10.1 Å². The zero-order valence-corrected chi connectivity index (χ0v) is 12.0. The molecule has 1 aliphatic rings. The molecule has 0 aromatic heterocycles. The van der Waals surface area contributed by atoms with Gasteiger partial charge >= 0.3 is 0 Å². The molecule has 0 saturated heterocycles. The number of hydrogen-bond acceptors (Lipinski definition) is 3. The molecule has 0 N–H and O–H groups in total. The average Bonchev–Trinajstić information content (AvgIpc) is 2.58. The summed E-state index contributed by atoms with van der Waals surface area (Å²) in [5.41, 5.74) is 2.56. The third kappa shape index (κ3) is 1.96. The van der Waals surface area contributed by atoms with Crippen molar-refractivity contribution in [3.8, 4) is 11.1 Å². The van der Waals surface area contributed by atoms with Gasteiger partial charge in [0.15, 0.2) is 5.78 Å². The highest BCUT2D eigenvalue weighted by Gasteiger charge is 2.23. The van der Waals surface area contributed by atoms with E-state index in [9.17, 15) is 14.9 Å². The van der Waals surface area contributed by atoms with E-state index < -0.39 is 4.92 Å². The van der Waals surface area contributed by atoms with Gasteiger partial charge in [-0.3, -0.25) is 14.9 Å². The van der Waals surface area contributed by atoms with Crippen molar-refractivity contribution < 1.29 is 9.72 Å². The Bertz CT molecular complexity index is 1020.